The average molecular weight is 235 g/mol. The van der Waals surface area contributed by atoms with Crippen molar-refractivity contribution >= 4 is 17.1 Å². The van der Waals surface area contributed by atoms with Gasteiger partial charge in [-0.1, -0.05) is 32.0 Å². The first-order valence-electron chi connectivity index (χ1n) is 5.04. The second-order valence-corrected chi connectivity index (χ2v) is 5.58. The molecule has 0 bridgehead atoms. The number of carbonyl (C=O) groups is 1. The number of hydrogen-bond acceptors (Lipinski definition) is 4. The number of carbonyl (C=O) groups excluding carboxylic acids is 1. The van der Waals surface area contributed by atoms with Gasteiger partial charge < -0.3 is 4.52 Å². The Bertz CT molecular complexity index is 491. The summed E-state index contributed by atoms with van der Waals surface area (Å²) in [5.41, 5.74) is 0.699. The molecule has 0 saturated heterocycles. The molecule has 0 aliphatic carbocycles. The summed E-state index contributed by atoms with van der Waals surface area (Å²) in [4.78, 5) is 12.6. The zero-order valence-corrected chi connectivity index (χ0v) is 10.3. The van der Waals surface area contributed by atoms with E-state index in [1.807, 2.05) is 32.2 Å². The molecule has 2 aromatic heterocycles. The lowest BCUT2D eigenvalue weighted by Crippen LogP contribution is -2.11. The van der Waals surface area contributed by atoms with Gasteiger partial charge in [0.25, 0.3) is 0 Å². The van der Waals surface area contributed by atoms with Crippen LogP contribution in [-0.2, 0) is 5.41 Å². The van der Waals surface area contributed by atoms with Crippen molar-refractivity contribution in [2.24, 2.45) is 0 Å². The number of hydrogen-bond donors (Lipinski definition) is 0. The maximum absolute atomic E-state index is 11.9. The lowest BCUT2D eigenvalue weighted by Gasteiger charge is -2.12. The Balaban J connectivity index is 2.30. The summed E-state index contributed by atoms with van der Waals surface area (Å²) in [5, 5.41) is 5.80. The van der Waals surface area contributed by atoms with Gasteiger partial charge >= 0.3 is 0 Å². The van der Waals surface area contributed by atoms with E-state index in [0.29, 0.717) is 10.6 Å². The quantitative estimate of drug-likeness (QED) is 0.750. The number of thiophene rings is 1. The molecule has 0 aromatic carbocycles. The van der Waals surface area contributed by atoms with Gasteiger partial charge in [0, 0.05) is 11.5 Å². The second kappa shape index (κ2) is 3.87. The van der Waals surface area contributed by atoms with E-state index in [9.17, 15) is 4.79 Å². The second-order valence-electron chi connectivity index (χ2n) is 4.63. The third-order valence-corrected chi connectivity index (χ3v) is 3.12. The Labute approximate surface area is 98.1 Å². The van der Waals surface area contributed by atoms with Crippen LogP contribution in [0.4, 0.5) is 0 Å². The van der Waals surface area contributed by atoms with E-state index in [0.717, 1.165) is 5.69 Å². The molecule has 84 valence electrons. The molecule has 0 radical (unpaired) electrons. The lowest BCUT2D eigenvalue weighted by atomic mass is 9.92. The Morgan fingerprint density at radius 2 is 2.19 bits per heavy atom. The number of ketones is 1. The van der Waals surface area contributed by atoms with Crippen LogP contribution in [0.3, 0.4) is 0 Å². The van der Waals surface area contributed by atoms with Gasteiger partial charge in [-0.05, 0) is 11.4 Å². The molecule has 2 heterocycles. The first-order valence-corrected chi connectivity index (χ1v) is 5.92. The van der Waals surface area contributed by atoms with Crippen molar-refractivity contribution in [3.8, 4) is 0 Å². The highest BCUT2D eigenvalue weighted by molar-refractivity contribution is 7.12. The fourth-order valence-electron chi connectivity index (χ4n) is 1.26. The number of nitrogens with zero attached hydrogens (tertiary/aromatic N) is 1. The summed E-state index contributed by atoms with van der Waals surface area (Å²) in [6.07, 6.45) is 0. The van der Waals surface area contributed by atoms with Crippen LogP contribution in [0.1, 0.15) is 41.9 Å². The van der Waals surface area contributed by atoms with Crippen molar-refractivity contribution < 1.29 is 9.32 Å². The maximum atomic E-state index is 11.9. The molecule has 2 aromatic rings. The molecular formula is C12H13NO2S. The van der Waals surface area contributed by atoms with Gasteiger partial charge in [-0.15, -0.1) is 11.3 Å². The zero-order chi connectivity index (χ0) is 11.8. The largest absolute Gasteiger partial charge is 0.352 e. The van der Waals surface area contributed by atoms with Crippen LogP contribution in [0.15, 0.2) is 28.1 Å². The van der Waals surface area contributed by atoms with Crippen molar-refractivity contribution in [1.82, 2.24) is 5.16 Å². The van der Waals surface area contributed by atoms with E-state index in [4.69, 9.17) is 4.52 Å². The molecule has 0 spiro atoms. The van der Waals surface area contributed by atoms with E-state index in [-0.39, 0.29) is 11.2 Å². The molecule has 0 atom stereocenters. The fourth-order valence-corrected chi connectivity index (χ4v) is 1.93. The highest BCUT2D eigenvalue weighted by atomic mass is 32.1. The average Bonchev–Trinajstić information content (AvgIpc) is 2.87. The molecule has 4 heteroatoms. The Kier molecular flexibility index (Phi) is 2.68. The fraction of sp³-hybridized carbons (Fsp3) is 0.333. The summed E-state index contributed by atoms with van der Waals surface area (Å²) in [5.74, 6) is 0.213. The summed E-state index contributed by atoms with van der Waals surface area (Å²) >= 11 is 1.41. The lowest BCUT2D eigenvalue weighted by molar-refractivity contribution is 0.100. The van der Waals surface area contributed by atoms with Gasteiger partial charge in [-0.3, -0.25) is 4.79 Å². The van der Waals surface area contributed by atoms with Gasteiger partial charge in [0.1, 0.15) is 0 Å². The summed E-state index contributed by atoms with van der Waals surface area (Å²) in [6, 6.07) is 5.35. The van der Waals surface area contributed by atoms with E-state index >= 15 is 0 Å². The minimum atomic E-state index is -0.0997. The SMILES string of the molecule is CC(C)(C)c1cc(C(=O)c2cccs2)on1. The predicted molar refractivity (Wildman–Crippen MR) is 63.0 cm³/mol. The standard InChI is InChI=1S/C12H13NO2S/c1-12(2,3)10-7-8(15-13-10)11(14)9-5-4-6-16-9/h4-7H,1-3H3. The van der Waals surface area contributed by atoms with Crippen molar-refractivity contribution in [1.29, 1.82) is 0 Å². The molecule has 0 saturated carbocycles. The van der Waals surface area contributed by atoms with E-state index < -0.39 is 0 Å². The van der Waals surface area contributed by atoms with Crippen LogP contribution in [0.2, 0.25) is 0 Å². The molecule has 0 amide bonds. The minimum absolute atomic E-state index is 0.0991. The van der Waals surface area contributed by atoms with E-state index in [2.05, 4.69) is 5.16 Å². The van der Waals surface area contributed by atoms with E-state index in [1.165, 1.54) is 11.3 Å². The van der Waals surface area contributed by atoms with Crippen LogP contribution >= 0.6 is 11.3 Å². The first kappa shape index (κ1) is 11.1. The highest BCUT2D eigenvalue weighted by Gasteiger charge is 2.22. The zero-order valence-electron chi connectivity index (χ0n) is 9.48. The van der Waals surface area contributed by atoms with Gasteiger partial charge in [-0.25, -0.2) is 0 Å². The molecule has 3 nitrogen and oxygen atoms in total. The number of rotatable bonds is 2. The third kappa shape index (κ3) is 2.07. The monoisotopic (exact) mass is 235 g/mol. The Morgan fingerprint density at radius 3 is 2.69 bits per heavy atom. The van der Waals surface area contributed by atoms with Gasteiger partial charge in [-0.2, -0.15) is 0 Å². The molecular weight excluding hydrogens is 222 g/mol. The minimum Gasteiger partial charge on any atom is -0.352 e. The van der Waals surface area contributed by atoms with Crippen molar-refractivity contribution in [3.05, 3.63) is 39.9 Å². The van der Waals surface area contributed by atoms with Gasteiger partial charge in [0.05, 0.1) is 10.6 Å². The van der Waals surface area contributed by atoms with Crippen LogP contribution < -0.4 is 0 Å². The highest BCUT2D eigenvalue weighted by Crippen LogP contribution is 2.23. The van der Waals surface area contributed by atoms with Crippen LogP contribution in [-0.4, -0.2) is 10.9 Å². The summed E-state index contributed by atoms with van der Waals surface area (Å²) in [6.45, 7) is 6.10. The number of aromatic nitrogens is 1. The Hall–Kier alpha value is -1.42. The predicted octanol–water partition coefficient (Wildman–Crippen LogP) is 3.26. The maximum Gasteiger partial charge on any atom is 0.240 e. The molecule has 0 unspecified atom stereocenters. The van der Waals surface area contributed by atoms with Crippen molar-refractivity contribution in [3.63, 3.8) is 0 Å². The molecule has 0 aliphatic heterocycles. The normalized spacial score (nSPS) is 11.7. The summed E-state index contributed by atoms with van der Waals surface area (Å²) < 4.78 is 5.08. The van der Waals surface area contributed by atoms with E-state index in [1.54, 1.807) is 12.1 Å². The van der Waals surface area contributed by atoms with Crippen LogP contribution in [0.25, 0.3) is 0 Å². The first-order chi connectivity index (χ1) is 7.48. The Morgan fingerprint density at radius 1 is 1.44 bits per heavy atom. The van der Waals surface area contributed by atoms with Crippen LogP contribution in [0.5, 0.6) is 0 Å². The van der Waals surface area contributed by atoms with Crippen molar-refractivity contribution in [2.45, 2.75) is 26.2 Å². The third-order valence-electron chi connectivity index (χ3n) is 2.25. The molecule has 0 fully saturated rings. The van der Waals surface area contributed by atoms with Crippen LogP contribution in [0, 0.1) is 0 Å². The molecule has 0 N–H and O–H groups in total. The van der Waals surface area contributed by atoms with Gasteiger partial charge in [0.15, 0.2) is 0 Å². The smallest absolute Gasteiger partial charge is 0.240 e. The summed E-state index contributed by atoms with van der Waals surface area (Å²) in [7, 11) is 0. The van der Waals surface area contributed by atoms with Crippen molar-refractivity contribution in [2.75, 3.05) is 0 Å². The molecule has 2 rings (SSSR count). The van der Waals surface area contributed by atoms with Gasteiger partial charge in [0.2, 0.25) is 11.5 Å². The molecule has 0 aliphatic rings. The topological polar surface area (TPSA) is 43.1 Å². The molecule has 16 heavy (non-hydrogen) atoms.